The number of alkyl halides is 3. The van der Waals surface area contributed by atoms with Crippen LogP contribution in [0.5, 0.6) is 0 Å². The lowest BCUT2D eigenvalue weighted by molar-refractivity contribution is -0.137. The molecule has 0 unspecified atom stereocenters. The molecule has 1 heterocycles. The SMILES string of the molecule is CC(=O)Cc1cc(C(=O)NCc2ccc(S(C)(=O)=O)cc2)c(=O)n(-c2cccc(C(F)(F)F)c2)c1. The fourth-order valence-electron chi connectivity index (χ4n) is 3.34. The zero-order valence-corrected chi connectivity index (χ0v) is 19.5. The van der Waals surface area contributed by atoms with Crippen molar-refractivity contribution in [3.8, 4) is 5.69 Å². The van der Waals surface area contributed by atoms with Crippen LogP contribution in [0.1, 0.15) is 34.0 Å². The van der Waals surface area contributed by atoms with Crippen LogP contribution in [-0.2, 0) is 33.8 Å². The number of benzene rings is 2. The molecule has 184 valence electrons. The first kappa shape index (κ1) is 25.9. The number of rotatable bonds is 7. The number of Topliss-reactive ketones (excluding diaryl/α,β-unsaturated/α-hetero) is 1. The van der Waals surface area contributed by atoms with E-state index in [2.05, 4.69) is 5.32 Å². The van der Waals surface area contributed by atoms with Crippen LogP contribution in [0.3, 0.4) is 0 Å². The Balaban J connectivity index is 1.96. The number of pyridine rings is 1. The van der Waals surface area contributed by atoms with Gasteiger partial charge in [0.2, 0.25) is 0 Å². The second kappa shape index (κ2) is 9.87. The van der Waals surface area contributed by atoms with Crippen LogP contribution in [0.25, 0.3) is 5.69 Å². The monoisotopic (exact) mass is 506 g/mol. The van der Waals surface area contributed by atoms with Crippen LogP contribution in [0.2, 0.25) is 0 Å². The molecule has 1 aromatic heterocycles. The third-order valence-corrected chi connectivity index (χ3v) is 6.16. The highest BCUT2D eigenvalue weighted by molar-refractivity contribution is 7.90. The number of nitrogens with zero attached hydrogens (tertiary/aromatic N) is 1. The summed E-state index contributed by atoms with van der Waals surface area (Å²) in [6.45, 7) is 1.27. The molecule has 2 aromatic carbocycles. The topological polar surface area (TPSA) is 102 Å². The smallest absolute Gasteiger partial charge is 0.348 e. The van der Waals surface area contributed by atoms with Crippen LogP contribution in [0.4, 0.5) is 13.2 Å². The number of ketones is 1. The number of aromatic nitrogens is 1. The summed E-state index contributed by atoms with van der Waals surface area (Å²) in [6, 6.07) is 11.1. The van der Waals surface area contributed by atoms with Gasteiger partial charge in [0.15, 0.2) is 9.84 Å². The van der Waals surface area contributed by atoms with E-state index in [1.165, 1.54) is 49.5 Å². The van der Waals surface area contributed by atoms with E-state index in [0.717, 1.165) is 29.0 Å². The average Bonchev–Trinajstić information content (AvgIpc) is 2.77. The van der Waals surface area contributed by atoms with E-state index < -0.39 is 33.0 Å². The lowest BCUT2D eigenvalue weighted by Crippen LogP contribution is -2.33. The number of carbonyl (C=O) groups excluding carboxylic acids is 2. The number of sulfone groups is 1. The van der Waals surface area contributed by atoms with E-state index in [0.29, 0.717) is 5.56 Å². The standard InChI is InChI=1S/C24H21F3N2O5S/c1-15(30)10-17-11-21(22(31)28-13-16-6-8-20(9-7-16)35(2,33)34)23(32)29(14-17)19-5-3-4-18(12-19)24(25,26)27/h3-9,11-12,14H,10,13H2,1-2H3,(H,28,31). The van der Waals surface area contributed by atoms with E-state index in [1.54, 1.807) is 0 Å². The van der Waals surface area contributed by atoms with Crippen molar-refractivity contribution in [2.45, 2.75) is 31.0 Å². The normalized spacial score (nSPS) is 11.8. The summed E-state index contributed by atoms with van der Waals surface area (Å²) in [7, 11) is -3.39. The predicted octanol–water partition coefficient (Wildman–Crippen LogP) is 3.32. The first-order valence-electron chi connectivity index (χ1n) is 10.3. The molecule has 0 aliphatic rings. The maximum atomic E-state index is 13.2. The highest BCUT2D eigenvalue weighted by Crippen LogP contribution is 2.30. The highest BCUT2D eigenvalue weighted by Gasteiger charge is 2.30. The Kier molecular flexibility index (Phi) is 7.30. The lowest BCUT2D eigenvalue weighted by Gasteiger charge is -2.14. The molecule has 0 saturated carbocycles. The van der Waals surface area contributed by atoms with Crippen molar-refractivity contribution < 1.29 is 31.2 Å². The third kappa shape index (κ3) is 6.44. The van der Waals surface area contributed by atoms with Crippen molar-refractivity contribution in [2.24, 2.45) is 0 Å². The second-order valence-electron chi connectivity index (χ2n) is 7.96. The summed E-state index contributed by atoms with van der Waals surface area (Å²) < 4.78 is 63.5. The van der Waals surface area contributed by atoms with Crippen molar-refractivity contribution in [2.75, 3.05) is 6.26 Å². The Morgan fingerprint density at radius 3 is 2.23 bits per heavy atom. The van der Waals surface area contributed by atoms with E-state index in [4.69, 9.17) is 0 Å². The van der Waals surface area contributed by atoms with Crippen LogP contribution < -0.4 is 10.9 Å². The minimum Gasteiger partial charge on any atom is -0.348 e. The van der Waals surface area contributed by atoms with Crippen molar-refractivity contribution in [1.82, 2.24) is 9.88 Å². The Morgan fingerprint density at radius 1 is 1.00 bits per heavy atom. The zero-order valence-electron chi connectivity index (χ0n) is 18.7. The molecule has 0 spiro atoms. The Labute approximate surface area is 199 Å². The second-order valence-corrected chi connectivity index (χ2v) is 9.98. The Hall–Kier alpha value is -3.73. The molecule has 0 atom stereocenters. The van der Waals surface area contributed by atoms with E-state index in [9.17, 15) is 36.0 Å². The van der Waals surface area contributed by atoms with Gasteiger partial charge in [0.25, 0.3) is 11.5 Å². The molecule has 3 aromatic rings. The Bertz CT molecular complexity index is 1440. The first-order valence-corrected chi connectivity index (χ1v) is 12.1. The first-order chi connectivity index (χ1) is 16.3. The highest BCUT2D eigenvalue weighted by atomic mass is 32.2. The molecule has 11 heteroatoms. The number of carbonyl (C=O) groups is 2. The fraction of sp³-hybridized carbons (Fsp3) is 0.208. The van der Waals surface area contributed by atoms with Gasteiger partial charge in [-0.25, -0.2) is 8.42 Å². The largest absolute Gasteiger partial charge is 0.416 e. The molecule has 0 saturated heterocycles. The van der Waals surface area contributed by atoms with Crippen LogP contribution in [-0.4, -0.2) is 30.9 Å². The quantitative estimate of drug-likeness (QED) is 0.530. The van der Waals surface area contributed by atoms with Gasteiger partial charge < -0.3 is 5.32 Å². The van der Waals surface area contributed by atoms with Gasteiger partial charge in [-0.3, -0.25) is 19.0 Å². The van der Waals surface area contributed by atoms with Gasteiger partial charge >= 0.3 is 6.18 Å². The van der Waals surface area contributed by atoms with Crippen molar-refractivity contribution in [1.29, 1.82) is 0 Å². The maximum Gasteiger partial charge on any atom is 0.416 e. The number of halogens is 3. The molecular formula is C24H21F3N2O5S. The van der Waals surface area contributed by atoms with Gasteiger partial charge in [-0.2, -0.15) is 13.2 Å². The Morgan fingerprint density at radius 2 is 1.66 bits per heavy atom. The predicted molar refractivity (Wildman–Crippen MR) is 122 cm³/mol. The van der Waals surface area contributed by atoms with Gasteiger partial charge in [0.1, 0.15) is 11.3 Å². The van der Waals surface area contributed by atoms with E-state index in [1.807, 2.05) is 0 Å². The van der Waals surface area contributed by atoms with Crippen LogP contribution in [0.15, 0.2) is 70.5 Å². The number of hydrogen-bond acceptors (Lipinski definition) is 5. The molecular weight excluding hydrogens is 485 g/mol. The summed E-state index contributed by atoms with van der Waals surface area (Å²) in [5.74, 6) is -1.06. The van der Waals surface area contributed by atoms with Gasteiger partial charge in [0, 0.05) is 31.1 Å². The average molecular weight is 507 g/mol. The number of amides is 1. The van der Waals surface area contributed by atoms with Crippen LogP contribution >= 0.6 is 0 Å². The molecule has 0 aliphatic carbocycles. The maximum absolute atomic E-state index is 13.2. The van der Waals surface area contributed by atoms with Gasteiger partial charge in [0.05, 0.1) is 10.5 Å². The molecule has 7 nitrogen and oxygen atoms in total. The third-order valence-electron chi connectivity index (χ3n) is 5.03. The molecule has 0 fully saturated rings. The molecule has 0 aliphatic heterocycles. The number of hydrogen-bond donors (Lipinski definition) is 1. The minimum atomic E-state index is -4.64. The number of nitrogens with one attached hydrogen (secondary N) is 1. The van der Waals surface area contributed by atoms with Crippen molar-refractivity contribution in [3.05, 3.63) is 93.4 Å². The summed E-state index contributed by atoms with van der Waals surface area (Å²) in [5, 5.41) is 2.54. The molecule has 3 rings (SSSR count). The zero-order chi connectivity index (χ0) is 26.0. The van der Waals surface area contributed by atoms with E-state index >= 15 is 0 Å². The summed E-state index contributed by atoms with van der Waals surface area (Å²) in [6.07, 6.45) is -2.47. The van der Waals surface area contributed by atoms with Gasteiger partial charge in [-0.1, -0.05) is 18.2 Å². The summed E-state index contributed by atoms with van der Waals surface area (Å²) in [5.41, 5.74) is -1.46. The summed E-state index contributed by atoms with van der Waals surface area (Å²) >= 11 is 0. The van der Waals surface area contributed by atoms with E-state index in [-0.39, 0.29) is 40.5 Å². The molecule has 35 heavy (non-hydrogen) atoms. The molecule has 0 bridgehead atoms. The van der Waals surface area contributed by atoms with Crippen LogP contribution in [0, 0.1) is 0 Å². The fourth-order valence-corrected chi connectivity index (χ4v) is 3.97. The van der Waals surface area contributed by atoms with Crippen molar-refractivity contribution in [3.63, 3.8) is 0 Å². The summed E-state index contributed by atoms with van der Waals surface area (Å²) in [4.78, 5) is 37.6. The minimum absolute atomic E-state index is 0.0389. The van der Waals surface area contributed by atoms with Crippen molar-refractivity contribution >= 4 is 21.5 Å². The molecule has 1 amide bonds. The molecule has 0 radical (unpaired) electrons. The van der Waals surface area contributed by atoms with Gasteiger partial charge in [-0.15, -0.1) is 0 Å². The lowest BCUT2D eigenvalue weighted by atomic mass is 10.1. The molecule has 1 N–H and O–H groups in total. The van der Waals surface area contributed by atoms with Gasteiger partial charge in [-0.05, 0) is 54.4 Å².